The van der Waals surface area contributed by atoms with Crippen LogP contribution in [0.2, 0.25) is 0 Å². The number of piperidine rings is 1. The molecule has 0 atom stereocenters. The highest BCUT2D eigenvalue weighted by Gasteiger charge is 2.38. The number of anilines is 2. The van der Waals surface area contributed by atoms with Crippen LogP contribution in [-0.2, 0) is 70.4 Å². The molecule has 2 N–H and O–H groups in total. The number of aryl methyl sites for hydroxylation is 1. The van der Waals surface area contributed by atoms with Crippen LogP contribution in [-0.4, -0.2) is 94.6 Å². The van der Waals surface area contributed by atoms with Crippen molar-refractivity contribution in [3.63, 3.8) is 0 Å². The van der Waals surface area contributed by atoms with Gasteiger partial charge in [0.25, 0.3) is 5.91 Å². The number of carbonyl (C=O) groups is 13. The molecular weight excluding hydrogens is 1480 g/mol. The summed E-state index contributed by atoms with van der Waals surface area (Å²) in [4.78, 5) is 162. The molecular formula is C102H129N3O13. The van der Waals surface area contributed by atoms with E-state index in [0.29, 0.717) is 97.8 Å². The minimum Gasteiger partial charge on any atom is -0.371 e. The van der Waals surface area contributed by atoms with E-state index in [1.54, 1.807) is 43.3 Å². The van der Waals surface area contributed by atoms with Crippen LogP contribution < -0.4 is 15.5 Å². The van der Waals surface area contributed by atoms with E-state index >= 15 is 0 Å². The van der Waals surface area contributed by atoms with Crippen molar-refractivity contribution in [3.05, 3.63) is 225 Å². The molecule has 16 nitrogen and oxygen atoms in total. The third-order valence-corrected chi connectivity index (χ3v) is 21.4. The van der Waals surface area contributed by atoms with Crippen LogP contribution >= 0.6 is 0 Å². The second-order valence-electron chi connectivity index (χ2n) is 38.9. The van der Waals surface area contributed by atoms with Crippen molar-refractivity contribution in [2.75, 3.05) is 23.3 Å². The number of carbonyl (C=O) groups excluding carboxylic acids is 13. The number of nitrogens with one attached hydrogen (secondary N) is 2. The fourth-order valence-corrected chi connectivity index (χ4v) is 14.9. The molecule has 118 heavy (non-hydrogen) atoms. The average molecular weight is 1610 g/mol. The summed E-state index contributed by atoms with van der Waals surface area (Å²) >= 11 is 0. The summed E-state index contributed by atoms with van der Waals surface area (Å²) in [7, 11) is 0. The molecule has 2 amide bonds. The fourth-order valence-electron chi connectivity index (χ4n) is 14.9. The van der Waals surface area contributed by atoms with E-state index < -0.39 is 12.0 Å². The molecule has 1 heterocycles. The summed E-state index contributed by atoms with van der Waals surface area (Å²) in [6, 6.07) is 41.9. The summed E-state index contributed by atoms with van der Waals surface area (Å²) in [5, 5.41) is 5.57. The van der Waals surface area contributed by atoms with E-state index in [1.165, 1.54) is 36.1 Å². The largest absolute Gasteiger partial charge is 0.371 e. The van der Waals surface area contributed by atoms with Crippen LogP contribution in [0.15, 0.2) is 192 Å². The summed E-state index contributed by atoms with van der Waals surface area (Å²) in [6.07, 6.45) is 20.6. The van der Waals surface area contributed by atoms with Gasteiger partial charge in [0.1, 0.15) is 5.78 Å². The zero-order chi connectivity index (χ0) is 87.0. The molecule has 6 fully saturated rings. The first kappa shape index (κ1) is 95.1. The van der Waals surface area contributed by atoms with E-state index in [2.05, 4.69) is 150 Å². The molecule has 0 bridgehead atoms. The maximum Gasteiger partial charge on any atom is 0.251 e. The fraction of sp³-hybridized carbons (Fsp3) is 0.480. The van der Waals surface area contributed by atoms with Crippen molar-refractivity contribution in [3.8, 4) is 0 Å². The minimum absolute atomic E-state index is 0.0138. The number of rotatable bonds is 16. The number of Topliss-reactive ketones (excluding diaryl/α,β-unsaturated/α-hetero) is 11. The quantitative estimate of drug-likeness (QED) is 0.0689. The predicted octanol–water partition coefficient (Wildman–Crippen LogP) is 20.3. The van der Waals surface area contributed by atoms with E-state index in [1.807, 2.05) is 104 Å². The smallest absolute Gasteiger partial charge is 0.251 e. The van der Waals surface area contributed by atoms with Crippen molar-refractivity contribution in [1.29, 1.82) is 0 Å². The number of benzene rings is 5. The lowest BCUT2D eigenvalue weighted by molar-refractivity contribution is -0.131. The van der Waals surface area contributed by atoms with Crippen LogP contribution in [0.3, 0.4) is 0 Å². The molecule has 1 aliphatic heterocycles. The molecule has 5 saturated carbocycles. The Morgan fingerprint density at radius 1 is 0.390 bits per heavy atom. The van der Waals surface area contributed by atoms with Gasteiger partial charge in [-0.15, -0.1) is 0 Å². The van der Waals surface area contributed by atoms with Gasteiger partial charge in [0.05, 0.1) is 33.8 Å². The Morgan fingerprint density at radius 3 is 1.14 bits per heavy atom. The van der Waals surface area contributed by atoms with Crippen molar-refractivity contribution in [2.45, 2.75) is 264 Å². The van der Waals surface area contributed by atoms with Crippen LogP contribution in [0.4, 0.5) is 11.4 Å². The summed E-state index contributed by atoms with van der Waals surface area (Å²) < 4.78 is 0. The molecule has 0 unspecified atom stereocenters. The SMILES string of the molecule is CC(=O)Cc1ccccc1C1CC(=O)C(=CCC(C)(C)C)C(=O)C1.CC(C)(C)CC=C1C(=O)CC(Cc2ccccc2)CC1=O.CC(C)(C)CC=C1C(=O)CC(NC(=O)c2ccccc2)CC1=O.CC(C)(C)CC=C1C(=O)CC(c2ccccc2N2CCCCC2)CC1=O.Cc1ccc(NC(=O)C2CC(=O)C(=CCC(C)(C)C)C(=O)C2)cc1. The molecule has 6 aliphatic rings. The molecule has 1 saturated heterocycles. The number of hydrogen-bond donors (Lipinski definition) is 2. The third kappa shape index (κ3) is 31.7. The van der Waals surface area contributed by atoms with Crippen LogP contribution in [0.1, 0.15) is 276 Å². The van der Waals surface area contributed by atoms with Gasteiger partial charge in [-0.1, -0.05) is 243 Å². The van der Waals surface area contributed by atoms with Gasteiger partial charge >= 0.3 is 0 Å². The first-order chi connectivity index (χ1) is 55.3. The lowest BCUT2D eigenvalue weighted by atomic mass is 9.77. The average Bonchev–Trinajstić information content (AvgIpc) is 0.805. The van der Waals surface area contributed by atoms with Gasteiger partial charge in [0.2, 0.25) is 5.91 Å². The molecule has 0 radical (unpaired) electrons. The molecule has 5 aromatic rings. The monoisotopic (exact) mass is 1600 g/mol. The van der Waals surface area contributed by atoms with Gasteiger partial charge < -0.3 is 15.5 Å². The zero-order valence-electron chi connectivity index (χ0n) is 73.3. The van der Waals surface area contributed by atoms with Gasteiger partial charge in [-0.25, -0.2) is 0 Å². The molecule has 0 spiro atoms. The highest BCUT2D eigenvalue weighted by atomic mass is 16.2. The van der Waals surface area contributed by atoms with Crippen LogP contribution in [0, 0.1) is 45.8 Å². The van der Waals surface area contributed by atoms with E-state index in [0.717, 1.165) is 49.0 Å². The number of amides is 2. The number of hydrogen-bond acceptors (Lipinski definition) is 14. The van der Waals surface area contributed by atoms with Gasteiger partial charge in [-0.05, 0) is 163 Å². The molecule has 630 valence electrons. The standard InChI is InChI=1S/C23H31NO2.C21H26O3.C20H25NO3.C19H23NO3.C19H24O2/c1-23(2,3)12-11-19-21(25)15-17(16-22(19)26)18-9-5-6-10-20(18)24-13-7-4-8-14-24;1-14(22)11-15-7-5-6-8-17(15)16-12-19(23)18(20(24)13-16)9-10-21(2,3)4;1-13-5-7-15(8-6-13)21-19(24)14-11-17(22)16(18(23)12-14)9-10-20(2,3)4;1-19(2,3)10-9-15-16(21)11-14(12-17(15)22)20-18(23)13-7-5-4-6-8-13;1-19(2,3)10-9-16-17(20)12-15(13-18(16)21)11-14-7-5-4-6-8-14/h5-6,9-11,17H,4,7-8,12-16H2,1-3H3;5-9,16H,10-13H2,1-4H3;5-9,14H,10-12H2,1-4H3,(H,21,24);4-9,14H,10-12H2,1-3H3,(H,20,23);4-9,15H,10-13H2,1-3H3. The normalized spacial score (nSPS) is 19.6. The van der Waals surface area contributed by atoms with Crippen LogP contribution in [0.25, 0.3) is 0 Å². The second-order valence-corrected chi connectivity index (χ2v) is 38.9. The first-order valence-corrected chi connectivity index (χ1v) is 42.3. The molecule has 0 aromatic heterocycles. The maximum absolute atomic E-state index is 12.7. The topological polar surface area (TPSA) is 249 Å². The van der Waals surface area contributed by atoms with Gasteiger partial charge in [-0.2, -0.15) is 0 Å². The number of allylic oxidation sites excluding steroid dienone is 10. The maximum atomic E-state index is 12.7. The zero-order valence-corrected chi connectivity index (χ0v) is 73.3. The lowest BCUT2D eigenvalue weighted by Gasteiger charge is -2.33. The van der Waals surface area contributed by atoms with Gasteiger partial charge in [0, 0.05) is 113 Å². The number of ketones is 11. The summed E-state index contributed by atoms with van der Waals surface area (Å²) in [6.45, 7) is 37.0. The Balaban J connectivity index is 0.000000204. The summed E-state index contributed by atoms with van der Waals surface area (Å²) in [5.41, 5.74) is 9.90. The highest BCUT2D eigenvalue weighted by molar-refractivity contribution is 6.25. The van der Waals surface area contributed by atoms with Crippen LogP contribution in [0.5, 0.6) is 0 Å². The Morgan fingerprint density at radius 2 is 0.737 bits per heavy atom. The van der Waals surface area contributed by atoms with Crippen molar-refractivity contribution in [1.82, 2.24) is 5.32 Å². The minimum atomic E-state index is -0.585. The van der Waals surface area contributed by atoms with Gasteiger partial charge in [-0.3, -0.25) is 62.3 Å². The summed E-state index contributed by atoms with van der Waals surface area (Å²) in [5.74, 6) is -1.83. The molecule has 11 rings (SSSR count). The first-order valence-electron chi connectivity index (χ1n) is 42.3. The molecule has 5 aliphatic carbocycles. The van der Waals surface area contributed by atoms with Crippen molar-refractivity contribution >= 4 is 86.8 Å². The van der Waals surface area contributed by atoms with Crippen molar-refractivity contribution < 1.29 is 62.3 Å². The Bertz CT molecular complexity index is 4520. The van der Waals surface area contributed by atoms with E-state index in [4.69, 9.17) is 0 Å². The third-order valence-electron chi connectivity index (χ3n) is 21.4. The number of nitrogens with zero attached hydrogens (tertiary/aromatic N) is 1. The predicted molar refractivity (Wildman–Crippen MR) is 470 cm³/mol. The second kappa shape index (κ2) is 43.0. The lowest BCUT2D eigenvalue weighted by Crippen LogP contribution is -2.42. The van der Waals surface area contributed by atoms with Crippen molar-refractivity contribution in [2.24, 2.45) is 38.9 Å². The van der Waals surface area contributed by atoms with E-state index in [-0.39, 0.29) is 152 Å². The highest BCUT2D eigenvalue weighted by Crippen LogP contribution is 2.40. The van der Waals surface area contributed by atoms with E-state index in [9.17, 15) is 62.3 Å². The van der Waals surface area contributed by atoms with Gasteiger partial charge in [0.15, 0.2) is 57.8 Å². The molecule has 5 aromatic carbocycles. The Labute approximate surface area is 701 Å². The molecule has 16 heteroatoms. The Hall–Kier alpha value is -10.1. The Kier molecular flexibility index (Phi) is 34.7. The number of para-hydroxylation sites is 1.